The van der Waals surface area contributed by atoms with Crippen molar-refractivity contribution < 1.29 is 23.1 Å². The maximum atomic E-state index is 13.1. The molecule has 0 aliphatic heterocycles. The Morgan fingerprint density at radius 2 is 2.00 bits per heavy atom. The van der Waals surface area contributed by atoms with Gasteiger partial charge in [0.05, 0.1) is 6.54 Å². The highest BCUT2D eigenvalue weighted by atomic mass is 19.2. The predicted molar refractivity (Wildman–Crippen MR) is 72.8 cm³/mol. The average Bonchev–Trinajstić information content (AvgIpc) is 2.45. The number of ether oxygens (including phenoxy) is 1. The zero-order valence-electron chi connectivity index (χ0n) is 12.0. The summed E-state index contributed by atoms with van der Waals surface area (Å²) in [6.07, 6.45) is 0.670. The van der Waals surface area contributed by atoms with E-state index in [1.165, 1.54) is 13.1 Å². The quantitative estimate of drug-likeness (QED) is 0.770. The van der Waals surface area contributed by atoms with Crippen molar-refractivity contribution >= 4 is 11.8 Å². The molecule has 0 radical (unpaired) electrons. The summed E-state index contributed by atoms with van der Waals surface area (Å²) in [6, 6.07) is 2.86. The monoisotopic (exact) mass is 300 g/mol. The molecule has 1 N–H and O–H groups in total. The highest BCUT2D eigenvalue weighted by Crippen LogP contribution is 2.10. The SMILES string of the molecule is COCCCNC(=O)CN(C)C(=O)c1ccc(F)c(F)c1. The van der Waals surface area contributed by atoms with Gasteiger partial charge in [0.15, 0.2) is 11.6 Å². The number of carbonyl (C=O) groups excluding carboxylic acids is 2. The maximum absolute atomic E-state index is 13.1. The molecule has 0 saturated heterocycles. The molecule has 0 aliphatic rings. The molecule has 5 nitrogen and oxygen atoms in total. The largest absolute Gasteiger partial charge is 0.385 e. The molecule has 116 valence electrons. The molecular formula is C14H18F2N2O3. The first kappa shape index (κ1) is 17.0. The normalized spacial score (nSPS) is 10.3. The molecule has 0 atom stereocenters. The fourth-order valence-electron chi connectivity index (χ4n) is 1.64. The fraction of sp³-hybridized carbons (Fsp3) is 0.429. The van der Waals surface area contributed by atoms with Crippen LogP contribution in [0.2, 0.25) is 0 Å². The van der Waals surface area contributed by atoms with E-state index in [1.807, 2.05) is 0 Å². The Kier molecular flexibility index (Phi) is 6.74. The summed E-state index contributed by atoms with van der Waals surface area (Å²) in [6.45, 7) is 0.814. The zero-order chi connectivity index (χ0) is 15.8. The molecule has 0 unspecified atom stereocenters. The highest BCUT2D eigenvalue weighted by molar-refractivity contribution is 5.96. The first-order valence-corrected chi connectivity index (χ1v) is 6.42. The van der Waals surface area contributed by atoms with Crippen molar-refractivity contribution in [1.82, 2.24) is 10.2 Å². The molecule has 0 spiro atoms. The number of methoxy groups -OCH3 is 1. The number of hydrogen-bond acceptors (Lipinski definition) is 3. The van der Waals surface area contributed by atoms with Gasteiger partial charge in [0.1, 0.15) is 0 Å². The Labute approximate surface area is 121 Å². The minimum atomic E-state index is -1.10. The molecular weight excluding hydrogens is 282 g/mol. The van der Waals surface area contributed by atoms with Gasteiger partial charge in [0.2, 0.25) is 5.91 Å². The number of carbonyl (C=O) groups is 2. The Balaban J connectivity index is 2.50. The molecule has 0 aromatic heterocycles. The number of likely N-dealkylation sites (N-methyl/N-ethyl adjacent to an activating group) is 1. The van der Waals surface area contributed by atoms with Crippen molar-refractivity contribution in [3.8, 4) is 0 Å². The molecule has 1 aromatic rings. The van der Waals surface area contributed by atoms with Crippen LogP contribution in [0.15, 0.2) is 18.2 Å². The van der Waals surface area contributed by atoms with Crippen molar-refractivity contribution in [2.24, 2.45) is 0 Å². The van der Waals surface area contributed by atoms with Crippen molar-refractivity contribution in [2.45, 2.75) is 6.42 Å². The third-order valence-electron chi connectivity index (χ3n) is 2.74. The van der Waals surface area contributed by atoms with Crippen LogP contribution in [0.5, 0.6) is 0 Å². The van der Waals surface area contributed by atoms with E-state index in [1.54, 1.807) is 7.11 Å². The van der Waals surface area contributed by atoms with Gasteiger partial charge in [-0.25, -0.2) is 8.78 Å². The Hall–Kier alpha value is -2.02. The second kappa shape index (κ2) is 8.31. The standard InChI is InChI=1S/C14H18F2N2O3/c1-18(9-13(19)17-6-3-7-21-2)14(20)10-4-5-11(15)12(16)8-10/h4-5,8H,3,6-7,9H2,1-2H3,(H,17,19). The topological polar surface area (TPSA) is 58.6 Å². The van der Waals surface area contributed by atoms with Gasteiger partial charge in [-0.05, 0) is 24.6 Å². The van der Waals surface area contributed by atoms with Crippen LogP contribution in [0.1, 0.15) is 16.8 Å². The lowest BCUT2D eigenvalue weighted by Gasteiger charge is -2.17. The minimum absolute atomic E-state index is 0.0106. The molecule has 1 aromatic carbocycles. The lowest BCUT2D eigenvalue weighted by molar-refractivity contribution is -0.121. The number of nitrogens with zero attached hydrogens (tertiary/aromatic N) is 1. The van der Waals surface area contributed by atoms with Crippen LogP contribution in [0.3, 0.4) is 0 Å². The van der Waals surface area contributed by atoms with E-state index in [9.17, 15) is 18.4 Å². The van der Waals surface area contributed by atoms with Crippen molar-refractivity contribution in [1.29, 1.82) is 0 Å². The second-order valence-electron chi connectivity index (χ2n) is 4.49. The number of rotatable bonds is 7. The van der Waals surface area contributed by atoms with E-state index in [0.29, 0.717) is 19.6 Å². The molecule has 0 aliphatic carbocycles. The van der Waals surface area contributed by atoms with Gasteiger partial charge in [-0.15, -0.1) is 0 Å². The van der Waals surface area contributed by atoms with Crippen molar-refractivity contribution in [2.75, 3.05) is 33.9 Å². The van der Waals surface area contributed by atoms with Crippen LogP contribution in [0.4, 0.5) is 8.78 Å². The first-order chi connectivity index (χ1) is 9.95. The molecule has 0 fully saturated rings. The third-order valence-corrected chi connectivity index (χ3v) is 2.74. The molecule has 1 rings (SSSR count). The summed E-state index contributed by atoms with van der Waals surface area (Å²) in [7, 11) is 2.98. The third kappa shape index (κ3) is 5.47. The van der Waals surface area contributed by atoms with E-state index in [2.05, 4.69) is 5.32 Å². The molecule has 0 saturated carbocycles. The minimum Gasteiger partial charge on any atom is -0.385 e. The van der Waals surface area contributed by atoms with Crippen LogP contribution >= 0.6 is 0 Å². The lowest BCUT2D eigenvalue weighted by atomic mass is 10.2. The summed E-state index contributed by atoms with van der Waals surface area (Å²) in [5.41, 5.74) is -0.0106. The number of halogens is 2. The summed E-state index contributed by atoms with van der Waals surface area (Å²) >= 11 is 0. The number of benzene rings is 1. The van der Waals surface area contributed by atoms with Crippen molar-refractivity contribution in [3.63, 3.8) is 0 Å². The number of amides is 2. The van der Waals surface area contributed by atoms with E-state index in [4.69, 9.17) is 4.74 Å². The van der Waals surface area contributed by atoms with Gasteiger partial charge in [-0.2, -0.15) is 0 Å². The predicted octanol–water partition coefficient (Wildman–Crippen LogP) is 1.19. The van der Waals surface area contributed by atoms with Crippen LogP contribution in [-0.4, -0.2) is 50.6 Å². The first-order valence-electron chi connectivity index (χ1n) is 6.42. The summed E-state index contributed by atoms with van der Waals surface area (Å²) in [4.78, 5) is 24.7. The fourth-order valence-corrected chi connectivity index (χ4v) is 1.64. The summed E-state index contributed by atoms with van der Waals surface area (Å²) in [5, 5.41) is 2.63. The van der Waals surface area contributed by atoms with Gasteiger partial charge in [0.25, 0.3) is 5.91 Å². The highest BCUT2D eigenvalue weighted by Gasteiger charge is 2.16. The molecule has 7 heteroatoms. The molecule has 2 amide bonds. The van der Waals surface area contributed by atoms with Gasteiger partial charge >= 0.3 is 0 Å². The van der Waals surface area contributed by atoms with Crippen molar-refractivity contribution in [3.05, 3.63) is 35.4 Å². The Morgan fingerprint density at radius 3 is 2.62 bits per heavy atom. The second-order valence-corrected chi connectivity index (χ2v) is 4.49. The summed E-state index contributed by atoms with van der Waals surface area (Å²) in [5.74, 6) is -3.01. The van der Waals surface area contributed by atoms with Crippen LogP contribution in [-0.2, 0) is 9.53 Å². The molecule has 21 heavy (non-hydrogen) atoms. The van der Waals surface area contributed by atoms with E-state index >= 15 is 0 Å². The lowest BCUT2D eigenvalue weighted by Crippen LogP contribution is -2.38. The van der Waals surface area contributed by atoms with E-state index in [0.717, 1.165) is 17.0 Å². The number of hydrogen-bond donors (Lipinski definition) is 1. The average molecular weight is 300 g/mol. The van der Waals surface area contributed by atoms with Crippen LogP contribution in [0, 0.1) is 11.6 Å². The van der Waals surface area contributed by atoms with Crippen LogP contribution < -0.4 is 5.32 Å². The zero-order valence-corrected chi connectivity index (χ0v) is 12.0. The van der Waals surface area contributed by atoms with Crippen LogP contribution in [0.25, 0.3) is 0 Å². The van der Waals surface area contributed by atoms with E-state index < -0.39 is 17.5 Å². The molecule has 0 heterocycles. The Bertz CT molecular complexity index is 509. The smallest absolute Gasteiger partial charge is 0.254 e. The summed E-state index contributed by atoms with van der Waals surface area (Å²) < 4.78 is 30.7. The van der Waals surface area contributed by atoms with Gasteiger partial charge in [0, 0.05) is 32.9 Å². The maximum Gasteiger partial charge on any atom is 0.254 e. The number of nitrogens with one attached hydrogen (secondary N) is 1. The van der Waals surface area contributed by atoms with E-state index in [-0.39, 0.29) is 18.0 Å². The molecule has 0 bridgehead atoms. The van der Waals surface area contributed by atoms with Gasteiger partial charge in [-0.1, -0.05) is 0 Å². The van der Waals surface area contributed by atoms with Gasteiger partial charge < -0.3 is 15.0 Å². The Morgan fingerprint density at radius 1 is 1.29 bits per heavy atom. The van der Waals surface area contributed by atoms with Gasteiger partial charge in [-0.3, -0.25) is 9.59 Å².